The van der Waals surface area contributed by atoms with Gasteiger partial charge in [-0.2, -0.15) is 0 Å². The highest BCUT2D eigenvalue weighted by Gasteiger charge is 2.02. The summed E-state index contributed by atoms with van der Waals surface area (Å²) < 4.78 is 0. The predicted octanol–water partition coefficient (Wildman–Crippen LogP) is 2.24. The quantitative estimate of drug-likeness (QED) is 0.526. The van der Waals surface area contributed by atoms with Crippen molar-refractivity contribution in [1.29, 1.82) is 0 Å². The number of aliphatic imine (C=N–C) groups is 1. The van der Waals surface area contributed by atoms with Crippen LogP contribution >= 0.6 is 11.8 Å². The van der Waals surface area contributed by atoms with Crippen LogP contribution in [0, 0.1) is 0 Å². The Morgan fingerprint density at radius 1 is 1.45 bits per heavy atom. The number of nitrogens with two attached hydrogens (primary N) is 1. The summed E-state index contributed by atoms with van der Waals surface area (Å²) in [7, 11) is 0. The molecule has 0 aromatic carbocycles. The fourth-order valence-corrected chi connectivity index (χ4v) is 1.42. The normalized spacial score (nSPS) is 15.5. The zero-order valence-corrected chi connectivity index (χ0v) is 8.61. The van der Waals surface area contributed by atoms with Crippen LogP contribution in [-0.2, 0) is 0 Å². The Hall–Kier alpha value is -0.180. The summed E-state index contributed by atoms with van der Waals surface area (Å²) in [6.07, 6.45) is 1.14. The average molecular weight is 174 g/mol. The zero-order chi connectivity index (χ0) is 8.85. The number of hydrogen-bond acceptors (Lipinski definition) is 2. The first-order valence-corrected chi connectivity index (χ1v) is 4.94. The van der Waals surface area contributed by atoms with Gasteiger partial charge in [0.1, 0.15) is 0 Å². The molecule has 0 radical (unpaired) electrons. The molecule has 0 aromatic heterocycles. The van der Waals surface area contributed by atoms with Crippen molar-refractivity contribution in [2.45, 2.75) is 45.4 Å². The van der Waals surface area contributed by atoms with Gasteiger partial charge in [0.25, 0.3) is 0 Å². The minimum absolute atomic E-state index is 0.312. The van der Waals surface area contributed by atoms with Gasteiger partial charge in [0.05, 0.1) is 0 Å². The monoisotopic (exact) mass is 174 g/mol. The van der Waals surface area contributed by atoms with E-state index in [2.05, 4.69) is 18.8 Å². The van der Waals surface area contributed by atoms with Crippen LogP contribution in [0.1, 0.15) is 34.1 Å². The molecule has 0 aliphatic rings. The summed E-state index contributed by atoms with van der Waals surface area (Å²) in [4.78, 5) is 4.22. The standard InChI is InChI=1S/C8H18N2S/c1-5-7(4)11-8(9)10-6(2)3/h6-7H,5H2,1-4H3,(H2,9,10). The third-order valence-electron chi connectivity index (χ3n) is 1.28. The SMILES string of the molecule is CCC(C)SC(N)=NC(C)C. The van der Waals surface area contributed by atoms with Gasteiger partial charge in [0.15, 0.2) is 5.17 Å². The molecule has 66 valence electrons. The minimum atomic E-state index is 0.312. The number of nitrogens with zero attached hydrogens (tertiary/aromatic N) is 1. The summed E-state index contributed by atoms with van der Waals surface area (Å²) in [5.41, 5.74) is 5.66. The number of amidine groups is 1. The van der Waals surface area contributed by atoms with E-state index < -0.39 is 0 Å². The lowest BCUT2D eigenvalue weighted by atomic mass is 10.4. The topological polar surface area (TPSA) is 38.4 Å². The van der Waals surface area contributed by atoms with Crippen LogP contribution in [0.5, 0.6) is 0 Å². The Balaban J connectivity index is 3.76. The van der Waals surface area contributed by atoms with E-state index >= 15 is 0 Å². The lowest BCUT2D eigenvalue weighted by molar-refractivity contribution is 0.837. The van der Waals surface area contributed by atoms with Crippen LogP contribution in [0.2, 0.25) is 0 Å². The number of thioether (sulfide) groups is 1. The van der Waals surface area contributed by atoms with Gasteiger partial charge in [-0.25, -0.2) is 0 Å². The van der Waals surface area contributed by atoms with Gasteiger partial charge in [0, 0.05) is 11.3 Å². The zero-order valence-electron chi connectivity index (χ0n) is 7.79. The van der Waals surface area contributed by atoms with Crippen molar-refractivity contribution in [3.05, 3.63) is 0 Å². The van der Waals surface area contributed by atoms with E-state index in [1.807, 2.05) is 13.8 Å². The largest absolute Gasteiger partial charge is 0.379 e. The van der Waals surface area contributed by atoms with E-state index in [0.29, 0.717) is 16.5 Å². The fraction of sp³-hybridized carbons (Fsp3) is 0.875. The van der Waals surface area contributed by atoms with Crippen molar-refractivity contribution >= 4 is 16.9 Å². The molecule has 2 nitrogen and oxygen atoms in total. The van der Waals surface area contributed by atoms with Crippen LogP contribution in [0.4, 0.5) is 0 Å². The molecule has 0 saturated heterocycles. The molecule has 2 N–H and O–H groups in total. The Labute approximate surface area is 73.7 Å². The second-order valence-corrected chi connectivity index (χ2v) is 4.36. The van der Waals surface area contributed by atoms with Crippen LogP contribution in [0.3, 0.4) is 0 Å². The summed E-state index contributed by atoms with van der Waals surface area (Å²) in [6, 6.07) is 0.312. The van der Waals surface area contributed by atoms with Crippen molar-refractivity contribution in [3.63, 3.8) is 0 Å². The third-order valence-corrected chi connectivity index (χ3v) is 2.36. The maximum Gasteiger partial charge on any atom is 0.154 e. The maximum absolute atomic E-state index is 5.66. The van der Waals surface area contributed by atoms with E-state index in [0.717, 1.165) is 6.42 Å². The lowest BCUT2D eigenvalue weighted by Crippen LogP contribution is -2.13. The van der Waals surface area contributed by atoms with Gasteiger partial charge in [-0.05, 0) is 20.3 Å². The molecule has 1 unspecified atom stereocenters. The molecule has 0 amide bonds. The van der Waals surface area contributed by atoms with Crippen molar-refractivity contribution in [2.24, 2.45) is 10.7 Å². The molecule has 0 rings (SSSR count). The highest BCUT2D eigenvalue weighted by molar-refractivity contribution is 8.14. The van der Waals surface area contributed by atoms with E-state index in [9.17, 15) is 0 Å². The molecule has 11 heavy (non-hydrogen) atoms. The molecule has 0 aliphatic heterocycles. The number of hydrogen-bond donors (Lipinski definition) is 1. The maximum atomic E-state index is 5.66. The summed E-state index contributed by atoms with van der Waals surface area (Å²) in [5, 5.41) is 1.30. The second-order valence-electron chi connectivity index (χ2n) is 2.90. The van der Waals surface area contributed by atoms with Gasteiger partial charge in [0.2, 0.25) is 0 Å². The molecule has 3 heteroatoms. The van der Waals surface area contributed by atoms with Gasteiger partial charge in [-0.15, -0.1) is 0 Å². The van der Waals surface area contributed by atoms with E-state index in [1.165, 1.54) is 0 Å². The fourth-order valence-electron chi connectivity index (χ4n) is 0.574. The molecule has 0 bridgehead atoms. The minimum Gasteiger partial charge on any atom is -0.379 e. The van der Waals surface area contributed by atoms with Gasteiger partial charge in [-0.1, -0.05) is 25.6 Å². The molecule has 0 aromatic rings. The summed E-state index contributed by atoms with van der Waals surface area (Å²) in [6.45, 7) is 8.38. The Morgan fingerprint density at radius 2 is 2.00 bits per heavy atom. The Kier molecular flexibility index (Phi) is 5.38. The molecular formula is C8H18N2S. The van der Waals surface area contributed by atoms with Gasteiger partial charge in [-0.3, -0.25) is 4.99 Å². The molecule has 0 heterocycles. The van der Waals surface area contributed by atoms with Crippen LogP contribution < -0.4 is 5.73 Å². The van der Waals surface area contributed by atoms with Crippen LogP contribution in [0.25, 0.3) is 0 Å². The highest BCUT2D eigenvalue weighted by Crippen LogP contribution is 2.13. The van der Waals surface area contributed by atoms with Crippen LogP contribution in [0.15, 0.2) is 4.99 Å². The highest BCUT2D eigenvalue weighted by atomic mass is 32.2. The van der Waals surface area contributed by atoms with Crippen molar-refractivity contribution < 1.29 is 0 Å². The van der Waals surface area contributed by atoms with E-state index in [-0.39, 0.29) is 0 Å². The predicted molar refractivity (Wildman–Crippen MR) is 54.1 cm³/mol. The van der Waals surface area contributed by atoms with Gasteiger partial charge >= 0.3 is 0 Å². The molecular weight excluding hydrogens is 156 g/mol. The molecule has 0 aliphatic carbocycles. The lowest BCUT2D eigenvalue weighted by Gasteiger charge is -2.07. The number of rotatable bonds is 3. The molecule has 0 fully saturated rings. The Bertz CT molecular complexity index is 132. The first kappa shape index (κ1) is 10.8. The molecule has 1 atom stereocenters. The van der Waals surface area contributed by atoms with E-state index in [1.54, 1.807) is 11.8 Å². The smallest absolute Gasteiger partial charge is 0.154 e. The van der Waals surface area contributed by atoms with Crippen molar-refractivity contribution in [1.82, 2.24) is 0 Å². The average Bonchev–Trinajstić information content (AvgIpc) is 1.85. The molecule has 0 saturated carbocycles. The Morgan fingerprint density at radius 3 is 2.36 bits per heavy atom. The van der Waals surface area contributed by atoms with Crippen molar-refractivity contribution in [3.8, 4) is 0 Å². The van der Waals surface area contributed by atoms with Gasteiger partial charge < -0.3 is 5.73 Å². The molecule has 0 spiro atoms. The van der Waals surface area contributed by atoms with Crippen molar-refractivity contribution in [2.75, 3.05) is 0 Å². The van der Waals surface area contributed by atoms with E-state index in [4.69, 9.17) is 5.73 Å². The second kappa shape index (κ2) is 5.47. The summed E-state index contributed by atoms with van der Waals surface area (Å²) in [5.74, 6) is 0. The first-order chi connectivity index (χ1) is 5.06. The van der Waals surface area contributed by atoms with Crippen LogP contribution in [-0.4, -0.2) is 16.5 Å². The third kappa shape index (κ3) is 6.23. The summed E-state index contributed by atoms with van der Waals surface area (Å²) >= 11 is 1.66. The first-order valence-electron chi connectivity index (χ1n) is 4.06.